The zero-order valence-electron chi connectivity index (χ0n) is 11.1. The Balaban J connectivity index is 1.66. The number of thiophene rings is 1. The second-order valence-corrected chi connectivity index (χ2v) is 6.76. The van der Waals surface area contributed by atoms with Crippen molar-refractivity contribution >= 4 is 22.9 Å². The number of rotatable bonds is 5. The molecule has 1 atom stereocenters. The topological polar surface area (TPSA) is 42.7 Å². The fraction of sp³-hybridized carbons (Fsp3) is 0.538. The van der Waals surface area contributed by atoms with Gasteiger partial charge in [-0.3, -0.25) is 0 Å². The van der Waals surface area contributed by atoms with Crippen molar-refractivity contribution in [3.05, 3.63) is 33.0 Å². The average molecular weight is 297 g/mol. The van der Waals surface area contributed by atoms with Crippen molar-refractivity contribution in [2.75, 3.05) is 0 Å². The number of aryl methyl sites for hydroxylation is 1. The van der Waals surface area contributed by atoms with Gasteiger partial charge in [0.25, 0.3) is 0 Å². The lowest BCUT2D eigenvalue weighted by atomic mass is 10.3. The monoisotopic (exact) mass is 296 g/mol. The molecule has 1 aliphatic carbocycles. The van der Waals surface area contributed by atoms with Crippen molar-refractivity contribution in [1.82, 2.24) is 20.1 Å². The summed E-state index contributed by atoms with van der Waals surface area (Å²) in [6.45, 7) is 4.91. The Kier molecular flexibility index (Phi) is 3.60. The van der Waals surface area contributed by atoms with Crippen LogP contribution in [0.4, 0.5) is 0 Å². The molecule has 2 heterocycles. The summed E-state index contributed by atoms with van der Waals surface area (Å²) in [7, 11) is 0. The molecule has 1 N–H and O–H groups in total. The molecule has 4 nitrogen and oxygen atoms in total. The second-order valence-electron chi connectivity index (χ2n) is 5.01. The number of nitrogens with one attached hydrogen (secondary N) is 1. The van der Waals surface area contributed by atoms with Crippen molar-refractivity contribution in [2.24, 2.45) is 0 Å². The van der Waals surface area contributed by atoms with Gasteiger partial charge in [0, 0.05) is 17.0 Å². The summed E-state index contributed by atoms with van der Waals surface area (Å²) < 4.78 is 3.10. The maximum atomic E-state index is 5.96. The second kappa shape index (κ2) is 5.23. The highest BCUT2D eigenvalue weighted by Gasteiger charge is 2.28. The number of halogens is 1. The van der Waals surface area contributed by atoms with Gasteiger partial charge in [-0.2, -0.15) is 0 Å². The highest BCUT2D eigenvalue weighted by molar-refractivity contribution is 7.16. The molecule has 0 aromatic carbocycles. The molecule has 1 aliphatic rings. The third-order valence-corrected chi connectivity index (χ3v) is 4.85. The molecule has 2 aromatic heterocycles. The van der Waals surface area contributed by atoms with E-state index in [1.165, 1.54) is 17.7 Å². The largest absolute Gasteiger partial charge is 0.311 e. The van der Waals surface area contributed by atoms with Crippen LogP contribution in [0.3, 0.4) is 0 Å². The first-order valence-electron chi connectivity index (χ1n) is 6.54. The molecule has 0 spiro atoms. The van der Waals surface area contributed by atoms with Crippen LogP contribution in [0.25, 0.3) is 0 Å². The van der Waals surface area contributed by atoms with E-state index in [4.69, 9.17) is 11.6 Å². The molecule has 0 radical (unpaired) electrons. The minimum atomic E-state index is 0.280. The van der Waals surface area contributed by atoms with Gasteiger partial charge in [0.1, 0.15) is 11.6 Å². The van der Waals surface area contributed by atoms with Crippen molar-refractivity contribution in [3.63, 3.8) is 0 Å². The minimum Gasteiger partial charge on any atom is -0.311 e. The van der Waals surface area contributed by atoms with Crippen LogP contribution in [0, 0.1) is 6.92 Å². The smallest absolute Gasteiger partial charge is 0.147 e. The molecule has 0 saturated heterocycles. The van der Waals surface area contributed by atoms with E-state index in [-0.39, 0.29) is 6.04 Å². The van der Waals surface area contributed by atoms with E-state index in [2.05, 4.69) is 33.1 Å². The van der Waals surface area contributed by atoms with Crippen molar-refractivity contribution in [1.29, 1.82) is 0 Å². The molecule has 1 saturated carbocycles. The summed E-state index contributed by atoms with van der Waals surface area (Å²) in [6.07, 6.45) is 2.50. The maximum Gasteiger partial charge on any atom is 0.147 e. The van der Waals surface area contributed by atoms with Gasteiger partial charge in [-0.15, -0.1) is 21.5 Å². The van der Waals surface area contributed by atoms with Gasteiger partial charge in [-0.1, -0.05) is 11.6 Å². The van der Waals surface area contributed by atoms with Gasteiger partial charge >= 0.3 is 0 Å². The Hall–Kier alpha value is -0.910. The van der Waals surface area contributed by atoms with Gasteiger partial charge in [0.05, 0.1) is 10.9 Å². The third kappa shape index (κ3) is 2.83. The van der Waals surface area contributed by atoms with Crippen LogP contribution >= 0.6 is 22.9 Å². The average Bonchev–Trinajstić information content (AvgIpc) is 3.02. The third-order valence-electron chi connectivity index (χ3n) is 3.44. The number of hydrogen-bond acceptors (Lipinski definition) is 4. The van der Waals surface area contributed by atoms with E-state index in [1.807, 2.05) is 13.0 Å². The molecular weight excluding hydrogens is 280 g/mol. The van der Waals surface area contributed by atoms with E-state index in [0.29, 0.717) is 6.04 Å². The fourth-order valence-corrected chi connectivity index (χ4v) is 3.34. The lowest BCUT2D eigenvalue weighted by molar-refractivity contribution is 0.540. The molecule has 19 heavy (non-hydrogen) atoms. The Morgan fingerprint density at radius 1 is 1.47 bits per heavy atom. The fourth-order valence-electron chi connectivity index (χ4n) is 2.25. The first kappa shape index (κ1) is 13.1. The predicted molar refractivity (Wildman–Crippen MR) is 77.6 cm³/mol. The molecule has 2 aromatic rings. The summed E-state index contributed by atoms with van der Waals surface area (Å²) >= 11 is 7.58. The molecule has 102 valence electrons. The molecule has 0 amide bonds. The van der Waals surface area contributed by atoms with Crippen LogP contribution in [-0.4, -0.2) is 14.8 Å². The van der Waals surface area contributed by atoms with Crippen LogP contribution in [0.15, 0.2) is 12.1 Å². The van der Waals surface area contributed by atoms with E-state index >= 15 is 0 Å². The van der Waals surface area contributed by atoms with Gasteiger partial charge in [-0.25, -0.2) is 0 Å². The first-order valence-corrected chi connectivity index (χ1v) is 7.73. The predicted octanol–water partition coefficient (Wildman–Crippen LogP) is 3.49. The SMILES string of the molecule is Cc1nnc(CNC(C)c2ccc(Cl)s2)n1C1CC1. The Labute approximate surface area is 121 Å². The highest BCUT2D eigenvalue weighted by Crippen LogP contribution is 2.36. The number of nitrogens with zero attached hydrogens (tertiary/aromatic N) is 3. The summed E-state index contributed by atoms with van der Waals surface area (Å²) in [6, 6.07) is 4.92. The van der Waals surface area contributed by atoms with Crippen LogP contribution in [0.2, 0.25) is 4.34 Å². The minimum absolute atomic E-state index is 0.280. The summed E-state index contributed by atoms with van der Waals surface area (Å²) in [5.41, 5.74) is 0. The van der Waals surface area contributed by atoms with Crippen molar-refractivity contribution in [3.8, 4) is 0 Å². The highest BCUT2D eigenvalue weighted by atomic mass is 35.5. The summed E-state index contributed by atoms with van der Waals surface area (Å²) in [4.78, 5) is 1.25. The molecular formula is C13H17ClN4S. The Morgan fingerprint density at radius 3 is 2.89 bits per heavy atom. The first-order chi connectivity index (χ1) is 9.15. The molecule has 1 fully saturated rings. The van der Waals surface area contributed by atoms with Crippen LogP contribution < -0.4 is 5.32 Å². The van der Waals surface area contributed by atoms with Gasteiger partial charge in [-0.05, 0) is 38.8 Å². The van der Waals surface area contributed by atoms with Crippen LogP contribution in [-0.2, 0) is 6.54 Å². The molecule has 6 heteroatoms. The number of hydrogen-bond donors (Lipinski definition) is 1. The Bertz CT molecular complexity index is 573. The molecule has 3 rings (SSSR count). The molecule has 0 aliphatic heterocycles. The van der Waals surface area contributed by atoms with Gasteiger partial charge in [0.15, 0.2) is 0 Å². The van der Waals surface area contributed by atoms with E-state index in [1.54, 1.807) is 11.3 Å². The molecule has 1 unspecified atom stereocenters. The zero-order valence-corrected chi connectivity index (χ0v) is 12.6. The number of aromatic nitrogens is 3. The van der Waals surface area contributed by atoms with Crippen LogP contribution in [0.1, 0.15) is 48.4 Å². The van der Waals surface area contributed by atoms with Crippen molar-refractivity contribution < 1.29 is 0 Å². The standard InChI is InChI=1S/C13H17ClN4S/c1-8(11-5-6-12(14)19-11)15-7-13-17-16-9(2)18(13)10-3-4-10/h5-6,8,10,15H,3-4,7H2,1-2H3. The van der Waals surface area contributed by atoms with E-state index < -0.39 is 0 Å². The summed E-state index contributed by atoms with van der Waals surface area (Å²) in [5, 5.41) is 12.0. The zero-order chi connectivity index (χ0) is 13.4. The lowest BCUT2D eigenvalue weighted by Gasteiger charge is -2.12. The molecule has 0 bridgehead atoms. The quantitative estimate of drug-likeness (QED) is 0.918. The van der Waals surface area contributed by atoms with E-state index in [0.717, 1.165) is 22.5 Å². The van der Waals surface area contributed by atoms with Crippen molar-refractivity contribution in [2.45, 2.75) is 45.3 Å². The maximum absolute atomic E-state index is 5.96. The van der Waals surface area contributed by atoms with Crippen LogP contribution in [0.5, 0.6) is 0 Å². The lowest BCUT2D eigenvalue weighted by Crippen LogP contribution is -2.20. The van der Waals surface area contributed by atoms with E-state index in [9.17, 15) is 0 Å². The van der Waals surface area contributed by atoms with Gasteiger partial charge in [0.2, 0.25) is 0 Å². The normalized spacial score (nSPS) is 16.8. The van der Waals surface area contributed by atoms with Gasteiger partial charge < -0.3 is 9.88 Å². The Morgan fingerprint density at radius 2 is 2.26 bits per heavy atom. The summed E-state index contributed by atoms with van der Waals surface area (Å²) in [5.74, 6) is 2.06.